The maximum atomic E-state index is 13.2. The maximum absolute atomic E-state index is 13.2. The molecule has 0 saturated carbocycles. The molecule has 0 atom stereocenters. The fraction of sp³-hybridized carbons (Fsp3) is 0.227. The minimum Gasteiger partial charge on any atom is -0.467 e. The molecule has 0 N–H and O–H groups in total. The summed E-state index contributed by atoms with van der Waals surface area (Å²) >= 11 is 0. The molecule has 7 heteroatoms. The molecule has 0 unspecified atom stereocenters. The fourth-order valence-corrected chi connectivity index (χ4v) is 4.54. The Morgan fingerprint density at radius 2 is 1.55 bits per heavy atom. The highest BCUT2D eigenvalue weighted by Gasteiger charge is 2.23. The summed E-state index contributed by atoms with van der Waals surface area (Å²) in [6, 6.07) is 18.9. The quantitative estimate of drug-likeness (QED) is 0.557. The van der Waals surface area contributed by atoms with Gasteiger partial charge in [-0.2, -0.15) is 4.31 Å². The molecule has 0 radical (unpaired) electrons. The second-order valence-electron chi connectivity index (χ2n) is 6.42. The normalized spacial score (nSPS) is 11.6. The van der Waals surface area contributed by atoms with E-state index >= 15 is 0 Å². The van der Waals surface area contributed by atoms with Crippen LogP contribution in [0.5, 0.6) is 0 Å². The Labute approximate surface area is 171 Å². The highest BCUT2D eigenvalue weighted by Crippen LogP contribution is 2.22. The van der Waals surface area contributed by atoms with E-state index in [2.05, 4.69) is 0 Å². The number of amides is 1. The highest BCUT2D eigenvalue weighted by atomic mass is 32.2. The van der Waals surface area contributed by atoms with Gasteiger partial charge in [0.15, 0.2) is 0 Å². The molecule has 29 heavy (non-hydrogen) atoms. The summed E-state index contributed by atoms with van der Waals surface area (Å²) in [6.07, 6.45) is 1.57. The van der Waals surface area contributed by atoms with Gasteiger partial charge in [-0.1, -0.05) is 32.0 Å². The van der Waals surface area contributed by atoms with E-state index in [4.69, 9.17) is 4.42 Å². The van der Waals surface area contributed by atoms with Crippen LogP contribution >= 0.6 is 0 Å². The first-order chi connectivity index (χ1) is 14.0. The van der Waals surface area contributed by atoms with Crippen LogP contribution in [0.3, 0.4) is 0 Å². The molecule has 6 nitrogen and oxygen atoms in total. The number of nitrogens with zero attached hydrogens (tertiary/aromatic N) is 2. The van der Waals surface area contributed by atoms with Crippen LogP contribution in [-0.2, 0) is 16.6 Å². The van der Waals surface area contributed by atoms with Crippen LogP contribution in [-0.4, -0.2) is 31.7 Å². The Balaban J connectivity index is 1.90. The van der Waals surface area contributed by atoms with Crippen LogP contribution in [0.15, 0.2) is 82.3 Å². The zero-order chi connectivity index (χ0) is 20.9. The van der Waals surface area contributed by atoms with Crippen LogP contribution < -0.4 is 4.90 Å². The number of furan rings is 1. The minimum atomic E-state index is -3.56. The average Bonchev–Trinajstić information content (AvgIpc) is 3.26. The second kappa shape index (κ2) is 9.07. The van der Waals surface area contributed by atoms with Gasteiger partial charge in [0, 0.05) is 24.3 Å². The zero-order valence-corrected chi connectivity index (χ0v) is 17.3. The number of hydrogen-bond acceptors (Lipinski definition) is 4. The standard InChI is InChI=1S/C22H24N2O4S/c1-3-23(4-2)29(26,27)21-14-12-18(13-15-21)22(25)24(17-20-11-8-16-28-20)19-9-6-5-7-10-19/h5-16H,3-4,17H2,1-2H3. The largest absolute Gasteiger partial charge is 0.467 e. The molecule has 3 rings (SSSR count). The lowest BCUT2D eigenvalue weighted by Crippen LogP contribution is -2.31. The number of sulfonamides is 1. The Hall–Kier alpha value is -2.90. The maximum Gasteiger partial charge on any atom is 0.258 e. The van der Waals surface area contributed by atoms with Crippen molar-refractivity contribution >= 4 is 21.6 Å². The van der Waals surface area contributed by atoms with Gasteiger partial charge in [0.1, 0.15) is 5.76 Å². The van der Waals surface area contributed by atoms with E-state index in [0.29, 0.717) is 24.4 Å². The molecule has 0 aliphatic rings. The lowest BCUT2D eigenvalue weighted by molar-refractivity contribution is 0.0983. The Morgan fingerprint density at radius 1 is 0.897 bits per heavy atom. The molecular formula is C22H24N2O4S. The molecule has 0 aliphatic heterocycles. The molecule has 152 valence electrons. The summed E-state index contributed by atoms with van der Waals surface area (Å²) in [5.41, 5.74) is 1.13. The lowest BCUT2D eigenvalue weighted by Gasteiger charge is -2.22. The molecule has 0 fully saturated rings. The summed E-state index contributed by atoms with van der Waals surface area (Å²) in [4.78, 5) is 15.0. The third-order valence-electron chi connectivity index (χ3n) is 4.65. The van der Waals surface area contributed by atoms with Gasteiger partial charge in [-0.15, -0.1) is 0 Å². The average molecular weight is 413 g/mol. The van der Waals surface area contributed by atoms with Crippen molar-refractivity contribution in [1.29, 1.82) is 0 Å². The first kappa shape index (κ1) is 20.8. The van der Waals surface area contributed by atoms with Crippen molar-refractivity contribution in [2.45, 2.75) is 25.3 Å². The summed E-state index contributed by atoms with van der Waals surface area (Å²) in [5, 5.41) is 0. The van der Waals surface area contributed by atoms with Crippen LogP contribution in [0.2, 0.25) is 0 Å². The number of anilines is 1. The predicted molar refractivity (Wildman–Crippen MR) is 112 cm³/mol. The van der Waals surface area contributed by atoms with E-state index in [-0.39, 0.29) is 17.3 Å². The Bertz CT molecular complexity index is 1030. The molecule has 1 amide bonds. The molecular weight excluding hydrogens is 388 g/mol. The number of hydrogen-bond donors (Lipinski definition) is 0. The van der Waals surface area contributed by atoms with Gasteiger partial charge < -0.3 is 9.32 Å². The van der Waals surface area contributed by atoms with Gasteiger partial charge in [0.25, 0.3) is 5.91 Å². The third kappa shape index (κ3) is 4.58. The van der Waals surface area contributed by atoms with Gasteiger partial charge in [-0.05, 0) is 48.5 Å². The Morgan fingerprint density at radius 3 is 2.10 bits per heavy atom. The molecule has 0 aliphatic carbocycles. The van der Waals surface area contributed by atoms with Crippen molar-refractivity contribution < 1.29 is 17.6 Å². The molecule has 0 spiro atoms. The number of carbonyl (C=O) groups excluding carboxylic acids is 1. The lowest BCUT2D eigenvalue weighted by atomic mass is 10.1. The number of benzene rings is 2. The summed E-state index contributed by atoms with van der Waals surface area (Å²) < 4.78 is 32.1. The van der Waals surface area contributed by atoms with E-state index in [1.54, 1.807) is 43.2 Å². The minimum absolute atomic E-state index is 0.176. The molecule has 0 bridgehead atoms. The van der Waals surface area contributed by atoms with Crippen molar-refractivity contribution in [3.05, 3.63) is 84.3 Å². The van der Waals surface area contributed by atoms with E-state index in [9.17, 15) is 13.2 Å². The summed E-state index contributed by atoms with van der Waals surface area (Å²) in [6.45, 7) is 4.65. The Kier molecular flexibility index (Phi) is 6.51. The smallest absolute Gasteiger partial charge is 0.258 e. The van der Waals surface area contributed by atoms with Gasteiger partial charge in [0.05, 0.1) is 17.7 Å². The molecule has 0 saturated heterocycles. The molecule has 2 aromatic carbocycles. The second-order valence-corrected chi connectivity index (χ2v) is 8.36. The van der Waals surface area contributed by atoms with Crippen molar-refractivity contribution in [3.8, 4) is 0 Å². The van der Waals surface area contributed by atoms with E-state index in [1.807, 2.05) is 36.4 Å². The van der Waals surface area contributed by atoms with E-state index in [0.717, 1.165) is 5.69 Å². The first-order valence-electron chi connectivity index (χ1n) is 9.47. The summed E-state index contributed by atoms with van der Waals surface area (Å²) in [5.74, 6) is 0.419. The van der Waals surface area contributed by atoms with Crippen LogP contribution in [0.25, 0.3) is 0 Å². The number of carbonyl (C=O) groups is 1. The monoisotopic (exact) mass is 412 g/mol. The molecule has 3 aromatic rings. The van der Waals surface area contributed by atoms with Gasteiger partial charge in [-0.3, -0.25) is 4.79 Å². The van der Waals surface area contributed by atoms with Crippen molar-refractivity contribution in [2.24, 2.45) is 0 Å². The van der Waals surface area contributed by atoms with Gasteiger partial charge in [-0.25, -0.2) is 8.42 Å². The summed E-state index contributed by atoms with van der Waals surface area (Å²) in [7, 11) is -3.56. The predicted octanol–water partition coefficient (Wildman–Crippen LogP) is 4.16. The van der Waals surface area contributed by atoms with Crippen molar-refractivity contribution in [3.63, 3.8) is 0 Å². The number of para-hydroxylation sites is 1. The molecule has 1 aromatic heterocycles. The van der Waals surface area contributed by atoms with Gasteiger partial charge in [0.2, 0.25) is 10.0 Å². The van der Waals surface area contributed by atoms with Gasteiger partial charge >= 0.3 is 0 Å². The first-order valence-corrected chi connectivity index (χ1v) is 10.9. The highest BCUT2D eigenvalue weighted by molar-refractivity contribution is 7.89. The van der Waals surface area contributed by atoms with Crippen LogP contribution in [0.1, 0.15) is 30.0 Å². The SMILES string of the molecule is CCN(CC)S(=O)(=O)c1ccc(C(=O)N(Cc2ccco2)c2ccccc2)cc1. The molecule has 1 heterocycles. The van der Waals surface area contributed by atoms with Crippen molar-refractivity contribution in [1.82, 2.24) is 4.31 Å². The number of rotatable bonds is 8. The zero-order valence-electron chi connectivity index (χ0n) is 16.5. The fourth-order valence-electron chi connectivity index (χ4n) is 3.08. The topological polar surface area (TPSA) is 70.8 Å². The van der Waals surface area contributed by atoms with E-state index in [1.165, 1.54) is 16.4 Å². The third-order valence-corrected chi connectivity index (χ3v) is 6.72. The van der Waals surface area contributed by atoms with Crippen LogP contribution in [0, 0.1) is 0 Å². The van der Waals surface area contributed by atoms with Crippen LogP contribution in [0.4, 0.5) is 5.69 Å². The van der Waals surface area contributed by atoms with Crippen molar-refractivity contribution in [2.75, 3.05) is 18.0 Å². The van der Waals surface area contributed by atoms with E-state index < -0.39 is 10.0 Å².